The molecule has 1 fully saturated rings. The second-order valence-corrected chi connectivity index (χ2v) is 5.93. The molecule has 3 heteroatoms. The Morgan fingerprint density at radius 3 is 2.56 bits per heavy atom. The zero-order valence-corrected chi connectivity index (χ0v) is 12.4. The van der Waals surface area contributed by atoms with Crippen LogP contribution >= 0.6 is 0 Å². The van der Waals surface area contributed by atoms with Gasteiger partial charge in [-0.1, -0.05) is 13.8 Å². The van der Waals surface area contributed by atoms with Crippen LogP contribution in [0, 0.1) is 11.8 Å². The highest BCUT2D eigenvalue weighted by Gasteiger charge is 2.22. The third kappa shape index (κ3) is 8.90. The van der Waals surface area contributed by atoms with E-state index in [-0.39, 0.29) is 0 Å². The quantitative estimate of drug-likeness (QED) is 0.545. The maximum atomic E-state index is 5.52. The van der Waals surface area contributed by atoms with Gasteiger partial charge in [-0.25, -0.2) is 0 Å². The van der Waals surface area contributed by atoms with Gasteiger partial charge in [0.1, 0.15) is 0 Å². The Bertz CT molecular complexity index is 193. The summed E-state index contributed by atoms with van der Waals surface area (Å²) in [6.45, 7) is 8.14. The lowest BCUT2D eigenvalue weighted by atomic mass is 9.93. The lowest BCUT2D eigenvalue weighted by Crippen LogP contribution is -2.26. The van der Waals surface area contributed by atoms with Crippen LogP contribution in [0.15, 0.2) is 0 Å². The average molecular weight is 257 g/mol. The van der Waals surface area contributed by atoms with E-state index in [1.54, 1.807) is 7.11 Å². The Labute approximate surface area is 113 Å². The molecule has 0 aliphatic heterocycles. The molecule has 1 aliphatic rings. The minimum absolute atomic E-state index is 0.707. The SMILES string of the molecule is COCCOCCCC(CNC1CC1)CC(C)C. The Kier molecular flexibility index (Phi) is 8.64. The van der Waals surface area contributed by atoms with Crippen LogP contribution < -0.4 is 5.32 Å². The Hall–Kier alpha value is -0.120. The lowest BCUT2D eigenvalue weighted by Gasteiger charge is -2.19. The van der Waals surface area contributed by atoms with E-state index in [1.807, 2.05) is 0 Å². The zero-order valence-electron chi connectivity index (χ0n) is 12.4. The van der Waals surface area contributed by atoms with Crippen molar-refractivity contribution >= 4 is 0 Å². The van der Waals surface area contributed by atoms with Crippen LogP contribution in [0.3, 0.4) is 0 Å². The van der Waals surface area contributed by atoms with Crippen molar-refractivity contribution in [1.29, 1.82) is 0 Å². The molecule has 1 rings (SSSR count). The molecule has 1 saturated carbocycles. The summed E-state index contributed by atoms with van der Waals surface area (Å²) in [5, 5.41) is 3.66. The molecule has 0 amide bonds. The molecule has 0 bridgehead atoms. The van der Waals surface area contributed by atoms with Crippen molar-refractivity contribution < 1.29 is 9.47 Å². The topological polar surface area (TPSA) is 30.5 Å². The van der Waals surface area contributed by atoms with E-state index in [2.05, 4.69) is 19.2 Å². The monoisotopic (exact) mass is 257 g/mol. The average Bonchev–Trinajstić information content (AvgIpc) is 3.13. The normalized spacial score (nSPS) is 17.3. The molecule has 0 aromatic carbocycles. The van der Waals surface area contributed by atoms with Crippen molar-refractivity contribution in [2.45, 2.75) is 52.0 Å². The highest BCUT2D eigenvalue weighted by Crippen LogP contribution is 2.21. The van der Waals surface area contributed by atoms with Crippen LogP contribution in [0.25, 0.3) is 0 Å². The Morgan fingerprint density at radius 2 is 1.94 bits per heavy atom. The van der Waals surface area contributed by atoms with Gasteiger partial charge in [0.25, 0.3) is 0 Å². The summed E-state index contributed by atoms with van der Waals surface area (Å²) in [5.74, 6) is 1.61. The Morgan fingerprint density at radius 1 is 1.17 bits per heavy atom. The molecule has 3 nitrogen and oxygen atoms in total. The first-order valence-electron chi connectivity index (χ1n) is 7.52. The standard InChI is InChI=1S/C15H31NO2/c1-13(2)11-14(12-16-15-6-7-15)5-4-8-18-10-9-17-3/h13-16H,4-12H2,1-3H3. The van der Waals surface area contributed by atoms with E-state index in [0.29, 0.717) is 6.61 Å². The van der Waals surface area contributed by atoms with E-state index in [1.165, 1.54) is 38.6 Å². The summed E-state index contributed by atoms with van der Waals surface area (Å²) in [4.78, 5) is 0. The fourth-order valence-electron chi connectivity index (χ4n) is 2.31. The van der Waals surface area contributed by atoms with Crippen molar-refractivity contribution in [3.63, 3.8) is 0 Å². The third-order valence-electron chi connectivity index (χ3n) is 3.41. The molecule has 0 radical (unpaired) electrons. The summed E-state index contributed by atoms with van der Waals surface area (Å²) >= 11 is 0. The maximum Gasteiger partial charge on any atom is 0.0700 e. The zero-order chi connectivity index (χ0) is 13.2. The fourth-order valence-corrected chi connectivity index (χ4v) is 2.31. The van der Waals surface area contributed by atoms with E-state index in [0.717, 1.165) is 31.1 Å². The molecular formula is C15H31NO2. The van der Waals surface area contributed by atoms with E-state index >= 15 is 0 Å². The van der Waals surface area contributed by atoms with E-state index in [4.69, 9.17) is 9.47 Å². The number of hydrogen-bond acceptors (Lipinski definition) is 3. The highest BCUT2D eigenvalue weighted by molar-refractivity contribution is 4.82. The molecule has 108 valence electrons. The third-order valence-corrected chi connectivity index (χ3v) is 3.41. The van der Waals surface area contributed by atoms with Gasteiger partial charge >= 0.3 is 0 Å². The Balaban J connectivity index is 2.02. The van der Waals surface area contributed by atoms with Crippen molar-refractivity contribution in [2.24, 2.45) is 11.8 Å². The minimum atomic E-state index is 0.707. The van der Waals surface area contributed by atoms with Gasteiger partial charge in [0.05, 0.1) is 13.2 Å². The molecule has 0 spiro atoms. The molecule has 1 unspecified atom stereocenters. The van der Waals surface area contributed by atoms with E-state index < -0.39 is 0 Å². The van der Waals surface area contributed by atoms with Crippen molar-refractivity contribution in [1.82, 2.24) is 5.32 Å². The number of rotatable bonds is 12. The van der Waals surface area contributed by atoms with Gasteiger partial charge in [0, 0.05) is 19.8 Å². The molecule has 0 heterocycles. The molecule has 0 aromatic rings. The second kappa shape index (κ2) is 9.76. The number of methoxy groups -OCH3 is 1. The molecule has 1 N–H and O–H groups in total. The summed E-state index contributed by atoms with van der Waals surface area (Å²) in [6, 6.07) is 0.831. The largest absolute Gasteiger partial charge is 0.382 e. The fraction of sp³-hybridized carbons (Fsp3) is 1.00. The first-order valence-corrected chi connectivity index (χ1v) is 7.52. The van der Waals surface area contributed by atoms with Gasteiger partial charge in [-0.05, 0) is 50.5 Å². The van der Waals surface area contributed by atoms with Gasteiger partial charge < -0.3 is 14.8 Å². The second-order valence-electron chi connectivity index (χ2n) is 5.93. The molecule has 1 aliphatic carbocycles. The van der Waals surface area contributed by atoms with Crippen LogP contribution in [-0.4, -0.2) is 39.5 Å². The van der Waals surface area contributed by atoms with Crippen LogP contribution in [0.5, 0.6) is 0 Å². The predicted molar refractivity (Wildman–Crippen MR) is 75.9 cm³/mol. The van der Waals surface area contributed by atoms with Gasteiger partial charge in [0.15, 0.2) is 0 Å². The van der Waals surface area contributed by atoms with Crippen LogP contribution in [-0.2, 0) is 9.47 Å². The maximum absolute atomic E-state index is 5.52. The highest BCUT2D eigenvalue weighted by atomic mass is 16.5. The lowest BCUT2D eigenvalue weighted by molar-refractivity contribution is 0.0668. The molecular weight excluding hydrogens is 226 g/mol. The summed E-state index contributed by atoms with van der Waals surface area (Å²) in [5.41, 5.74) is 0. The van der Waals surface area contributed by atoms with Crippen LogP contribution in [0.4, 0.5) is 0 Å². The number of ether oxygens (including phenoxy) is 2. The smallest absolute Gasteiger partial charge is 0.0700 e. The van der Waals surface area contributed by atoms with Crippen LogP contribution in [0.2, 0.25) is 0 Å². The van der Waals surface area contributed by atoms with Crippen molar-refractivity contribution in [3.05, 3.63) is 0 Å². The number of hydrogen-bond donors (Lipinski definition) is 1. The van der Waals surface area contributed by atoms with Gasteiger partial charge in [-0.15, -0.1) is 0 Å². The van der Waals surface area contributed by atoms with Gasteiger partial charge in [0.2, 0.25) is 0 Å². The van der Waals surface area contributed by atoms with E-state index in [9.17, 15) is 0 Å². The molecule has 18 heavy (non-hydrogen) atoms. The first kappa shape index (κ1) is 15.9. The molecule has 0 saturated heterocycles. The molecule has 1 atom stereocenters. The summed E-state index contributed by atoms with van der Waals surface area (Å²) < 4.78 is 10.5. The number of nitrogens with one attached hydrogen (secondary N) is 1. The first-order chi connectivity index (χ1) is 8.72. The predicted octanol–water partition coefficient (Wildman–Crippen LogP) is 2.84. The van der Waals surface area contributed by atoms with Gasteiger partial charge in [-0.2, -0.15) is 0 Å². The molecule has 0 aromatic heterocycles. The summed E-state index contributed by atoms with van der Waals surface area (Å²) in [6.07, 6.45) is 6.55. The van der Waals surface area contributed by atoms with Crippen molar-refractivity contribution in [3.8, 4) is 0 Å². The van der Waals surface area contributed by atoms with Gasteiger partial charge in [-0.3, -0.25) is 0 Å². The minimum Gasteiger partial charge on any atom is -0.382 e. The van der Waals surface area contributed by atoms with Crippen molar-refractivity contribution in [2.75, 3.05) is 33.5 Å². The summed E-state index contributed by atoms with van der Waals surface area (Å²) in [7, 11) is 1.71. The van der Waals surface area contributed by atoms with Crippen LogP contribution in [0.1, 0.15) is 46.0 Å².